The van der Waals surface area contributed by atoms with Crippen LogP contribution in [-0.2, 0) is 4.74 Å². The molecular formula is C26H25Cl2N5O2. The van der Waals surface area contributed by atoms with Gasteiger partial charge in [-0.1, -0.05) is 29.3 Å². The van der Waals surface area contributed by atoms with E-state index in [1.54, 1.807) is 29.0 Å². The number of pyridine rings is 2. The third kappa shape index (κ3) is 4.80. The van der Waals surface area contributed by atoms with Crippen LogP contribution in [0.5, 0.6) is 0 Å². The second-order valence-electron chi connectivity index (χ2n) is 8.62. The molecule has 1 aliphatic heterocycles. The maximum atomic E-state index is 13.3. The zero-order chi connectivity index (χ0) is 24.5. The van der Waals surface area contributed by atoms with Crippen LogP contribution < -0.4 is 10.5 Å². The third-order valence-electron chi connectivity index (χ3n) is 5.98. The molecule has 35 heavy (non-hydrogen) atoms. The molecule has 0 aliphatic carbocycles. The number of benzene rings is 1. The van der Waals surface area contributed by atoms with Crippen LogP contribution in [0.4, 0.5) is 5.69 Å². The Morgan fingerprint density at radius 1 is 1.11 bits per heavy atom. The van der Waals surface area contributed by atoms with E-state index in [1.165, 1.54) is 0 Å². The summed E-state index contributed by atoms with van der Waals surface area (Å²) < 4.78 is 7.08. The second kappa shape index (κ2) is 9.77. The molecule has 5 rings (SSSR count). The Bertz CT molecular complexity index is 1470. The maximum absolute atomic E-state index is 13.3. The molecule has 0 saturated carbocycles. The molecule has 7 nitrogen and oxygen atoms in total. The van der Waals surface area contributed by atoms with Crippen LogP contribution in [0.2, 0.25) is 10.0 Å². The molecule has 0 atom stereocenters. The minimum atomic E-state index is -0.159. The first-order chi connectivity index (χ1) is 16.9. The van der Waals surface area contributed by atoms with E-state index in [0.29, 0.717) is 29.0 Å². The predicted molar refractivity (Wildman–Crippen MR) is 142 cm³/mol. The summed E-state index contributed by atoms with van der Waals surface area (Å²) in [4.78, 5) is 25.3. The summed E-state index contributed by atoms with van der Waals surface area (Å²) in [7, 11) is 3.81. The third-order valence-corrected chi connectivity index (χ3v) is 6.72. The van der Waals surface area contributed by atoms with Crippen LogP contribution in [0.3, 0.4) is 0 Å². The number of ether oxygens (including phenoxy) is 1. The van der Waals surface area contributed by atoms with Gasteiger partial charge >= 0.3 is 0 Å². The van der Waals surface area contributed by atoms with Gasteiger partial charge in [0, 0.05) is 68.4 Å². The monoisotopic (exact) mass is 509 g/mol. The highest BCUT2D eigenvalue weighted by Gasteiger charge is 2.16. The van der Waals surface area contributed by atoms with Crippen molar-refractivity contribution in [3.05, 3.63) is 87.2 Å². The Morgan fingerprint density at radius 3 is 2.63 bits per heavy atom. The lowest BCUT2D eigenvalue weighted by atomic mass is 10.1. The summed E-state index contributed by atoms with van der Waals surface area (Å²) in [6.45, 7) is 3.08. The molecule has 1 aromatic carbocycles. The molecule has 4 aromatic rings. The number of morpholine rings is 1. The lowest BCUT2D eigenvalue weighted by molar-refractivity contribution is 0.122. The first-order valence-corrected chi connectivity index (χ1v) is 12.0. The van der Waals surface area contributed by atoms with Crippen molar-refractivity contribution in [2.75, 3.05) is 45.3 Å². The average molecular weight is 510 g/mol. The molecule has 1 aliphatic rings. The number of fused-ring (bicyclic) bond motifs is 1. The van der Waals surface area contributed by atoms with Crippen LogP contribution in [0.1, 0.15) is 5.56 Å². The van der Waals surface area contributed by atoms with Gasteiger partial charge < -0.3 is 19.5 Å². The number of rotatable bonds is 5. The van der Waals surface area contributed by atoms with Gasteiger partial charge in [-0.2, -0.15) is 0 Å². The number of hydrogen-bond donors (Lipinski definition) is 1. The number of aromatic nitrogens is 3. The Hall–Kier alpha value is -3.26. The summed E-state index contributed by atoms with van der Waals surface area (Å²) in [5.41, 5.74) is 4.90. The Morgan fingerprint density at radius 2 is 1.91 bits per heavy atom. The Balaban J connectivity index is 1.55. The van der Waals surface area contributed by atoms with Gasteiger partial charge in [0.2, 0.25) is 0 Å². The smallest absolute Gasteiger partial charge is 0.255 e. The second-order valence-corrected chi connectivity index (χ2v) is 9.44. The van der Waals surface area contributed by atoms with Crippen LogP contribution in [-0.4, -0.2) is 59.8 Å². The van der Waals surface area contributed by atoms with Gasteiger partial charge in [-0.15, -0.1) is 0 Å². The predicted octanol–water partition coefficient (Wildman–Crippen LogP) is 4.94. The van der Waals surface area contributed by atoms with Gasteiger partial charge in [-0.05, 0) is 29.8 Å². The number of anilines is 1. The topological polar surface area (TPSA) is 66.4 Å². The van der Waals surface area contributed by atoms with E-state index < -0.39 is 0 Å². The molecule has 9 heteroatoms. The molecule has 0 spiro atoms. The van der Waals surface area contributed by atoms with Crippen molar-refractivity contribution in [3.8, 4) is 11.1 Å². The molecule has 0 amide bonds. The molecule has 4 heterocycles. The van der Waals surface area contributed by atoms with Crippen molar-refractivity contribution in [2.45, 2.75) is 0 Å². The van der Waals surface area contributed by atoms with Crippen molar-refractivity contribution in [1.29, 1.82) is 0 Å². The summed E-state index contributed by atoms with van der Waals surface area (Å²) in [6, 6.07) is 11.0. The van der Waals surface area contributed by atoms with Gasteiger partial charge in [-0.3, -0.25) is 9.36 Å². The molecule has 0 bridgehead atoms. The number of hydrogen-bond acceptors (Lipinski definition) is 5. The number of H-pyrrole nitrogens is 1. The number of nitrogens with zero attached hydrogens (tertiary/aromatic N) is 4. The van der Waals surface area contributed by atoms with E-state index >= 15 is 0 Å². The molecule has 1 N–H and O–H groups in total. The van der Waals surface area contributed by atoms with Crippen molar-refractivity contribution < 1.29 is 4.74 Å². The normalized spacial score (nSPS) is 14.5. The van der Waals surface area contributed by atoms with Crippen LogP contribution in [0.25, 0.3) is 27.9 Å². The largest absolute Gasteiger partial charge is 0.382 e. The van der Waals surface area contributed by atoms with Crippen molar-refractivity contribution >= 4 is 45.6 Å². The van der Waals surface area contributed by atoms with E-state index in [0.717, 1.165) is 46.5 Å². The average Bonchev–Trinajstić information content (AvgIpc) is 3.28. The van der Waals surface area contributed by atoms with E-state index in [9.17, 15) is 4.79 Å². The molecule has 180 valence electrons. The van der Waals surface area contributed by atoms with E-state index in [2.05, 4.69) is 20.9 Å². The standard InChI is InChI=1S/C26H25Cl2N5O2/c1-31(2)16-24(18-3-4-22(27)23(28)11-18)33-6-5-17(12-25(33)34)21-15-30-26-20(21)13-19(14-29-26)32-7-9-35-10-8-32/h3-6,11-16H,7-10H2,1-2H3,(H,29,30)/b24-16-. The van der Waals surface area contributed by atoms with Crippen molar-refractivity contribution in [3.63, 3.8) is 0 Å². The van der Waals surface area contributed by atoms with Gasteiger partial charge in [0.25, 0.3) is 5.56 Å². The first-order valence-electron chi connectivity index (χ1n) is 11.3. The minimum absolute atomic E-state index is 0.159. The lowest BCUT2D eigenvalue weighted by Gasteiger charge is -2.28. The summed E-state index contributed by atoms with van der Waals surface area (Å²) in [6.07, 6.45) is 7.44. The highest BCUT2D eigenvalue weighted by atomic mass is 35.5. The van der Waals surface area contributed by atoms with E-state index in [1.807, 2.05) is 49.7 Å². The minimum Gasteiger partial charge on any atom is -0.382 e. The van der Waals surface area contributed by atoms with E-state index in [4.69, 9.17) is 27.9 Å². The summed E-state index contributed by atoms with van der Waals surface area (Å²) in [5, 5.41) is 1.87. The van der Waals surface area contributed by atoms with Crippen molar-refractivity contribution in [1.82, 2.24) is 19.4 Å². The quantitative estimate of drug-likeness (QED) is 0.412. The van der Waals surface area contributed by atoms with Crippen molar-refractivity contribution in [2.24, 2.45) is 0 Å². The van der Waals surface area contributed by atoms with Crippen LogP contribution in [0.15, 0.2) is 66.0 Å². The molecule has 1 saturated heterocycles. The number of halogens is 2. The van der Waals surface area contributed by atoms with E-state index in [-0.39, 0.29) is 5.56 Å². The molecular weight excluding hydrogens is 485 g/mol. The van der Waals surface area contributed by atoms with Crippen LogP contribution in [0, 0.1) is 0 Å². The van der Waals surface area contributed by atoms with Gasteiger partial charge in [-0.25, -0.2) is 4.98 Å². The fraction of sp³-hybridized carbons (Fsp3) is 0.231. The first kappa shape index (κ1) is 23.5. The number of nitrogens with one attached hydrogen (secondary N) is 1. The number of aromatic amines is 1. The lowest BCUT2D eigenvalue weighted by Crippen LogP contribution is -2.36. The zero-order valence-corrected chi connectivity index (χ0v) is 21.0. The molecule has 3 aromatic heterocycles. The SMILES string of the molecule is CN(C)/C=C(/c1ccc(Cl)c(Cl)c1)n1ccc(-c2c[nH]c3ncc(N4CCOCC4)cc23)cc1=O. The Kier molecular flexibility index (Phi) is 6.56. The van der Waals surface area contributed by atoms with Crippen LogP contribution >= 0.6 is 23.2 Å². The zero-order valence-electron chi connectivity index (χ0n) is 19.5. The highest BCUT2D eigenvalue weighted by Crippen LogP contribution is 2.31. The molecule has 0 unspecified atom stereocenters. The fourth-order valence-electron chi connectivity index (χ4n) is 4.25. The van der Waals surface area contributed by atoms with Gasteiger partial charge in [0.15, 0.2) is 0 Å². The summed E-state index contributed by atoms with van der Waals surface area (Å²) in [5.74, 6) is 0. The maximum Gasteiger partial charge on any atom is 0.255 e. The molecule has 1 fully saturated rings. The highest BCUT2D eigenvalue weighted by molar-refractivity contribution is 6.42. The van der Waals surface area contributed by atoms with Gasteiger partial charge in [0.1, 0.15) is 5.65 Å². The fourth-order valence-corrected chi connectivity index (χ4v) is 4.55. The summed E-state index contributed by atoms with van der Waals surface area (Å²) >= 11 is 12.4. The molecule has 0 radical (unpaired) electrons. The Labute approximate surface area is 213 Å². The van der Waals surface area contributed by atoms with Gasteiger partial charge in [0.05, 0.1) is 40.8 Å².